The van der Waals surface area contributed by atoms with Gasteiger partial charge in [-0.25, -0.2) is 0 Å². The van der Waals surface area contributed by atoms with E-state index in [2.05, 4.69) is 85.3 Å². The molecule has 1 saturated heterocycles. The summed E-state index contributed by atoms with van der Waals surface area (Å²) >= 11 is 2.03. The van der Waals surface area contributed by atoms with Crippen molar-refractivity contribution in [2.45, 2.75) is 25.0 Å². The van der Waals surface area contributed by atoms with Gasteiger partial charge in [0, 0.05) is 59.9 Å². The largest absolute Gasteiger partial charge is 0.459 e. The summed E-state index contributed by atoms with van der Waals surface area (Å²) in [6.07, 6.45) is 2.03. The molecule has 158 valence electrons. The van der Waals surface area contributed by atoms with Crippen molar-refractivity contribution in [1.29, 1.82) is 0 Å². The van der Waals surface area contributed by atoms with Crippen LogP contribution in [0.25, 0.3) is 10.8 Å². The highest BCUT2D eigenvalue weighted by Crippen LogP contribution is 2.55. The molecule has 0 N–H and O–H groups in total. The van der Waals surface area contributed by atoms with Gasteiger partial charge in [0.05, 0.1) is 11.6 Å². The molecule has 0 aromatic heterocycles. The van der Waals surface area contributed by atoms with Crippen LogP contribution >= 0.6 is 11.8 Å². The predicted molar refractivity (Wildman–Crippen MR) is 133 cm³/mol. The Labute approximate surface area is 187 Å². The van der Waals surface area contributed by atoms with Crippen LogP contribution in [-0.4, -0.2) is 43.6 Å². The van der Waals surface area contributed by atoms with Crippen LogP contribution in [0.5, 0.6) is 5.75 Å². The van der Waals surface area contributed by atoms with Crippen molar-refractivity contribution in [1.82, 2.24) is 0 Å². The Morgan fingerprint density at radius 1 is 0.935 bits per heavy atom. The van der Waals surface area contributed by atoms with Crippen LogP contribution in [0.15, 0.2) is 59.6 Å². The van der Waals surface area contributed by atoms with E-state index in [1.807, 2.05) is 18.0 Å². The van der Waals surface area contributed by atoms with E-state index in [9.17, 15) is 0 Å². The van der Waals surface area contributed by atoms with Crippen LogP contribution in [0.3, 0.4) is 0 Å². The van der Waals surface area contributed by atoms with E-state index < -0.39 is 5.72 Å². The average molecular weight is 430 g/mol. The van der Waals surface area contributed by atoms with Gasteiger partial charge in [-0.2, -0.15) is 11.8 Å². The number of likely N-dealkylation sites (N-methyl/N-ethyl adjacent to an activating group) is 1. The average Bonchev–Trinajstić information content (AvgIpc) is 2.97. The van der Waals surface area contributed by atoms with Crippen molar-refractivity contribution in [2.75, 3.05) is 41.4 Å². The number of ether oxygens (including phenoxy) is 1. The van der Waals surface area contributed by atoms with E-state index in [0.29, 0.717) is 0 Å². The number of rotatable bonds is 1. The van der Waals surface area contributed by atoms with Crippen LogP contribution in [-0.2, 0) is 5.41 Å². The maximum Gasteiger partial charge on any atom is 0.228 e. The van der Waals surface area contributed by atoms with E-state index in [4.69, 9.17) is 9.73 Å². The first-order valence-corrected chi connectivity index (χ1v) is 12.1. The number of aliphatic imine (C=N–C) groups is 1. The second-order valence-electron chi connectivity index (χ2n) is 9.15. The molecular weight excluding hydrogens is 402 g/mol. The van der Waals surface area contributed by atoms with Crippen LogP contribution in [0.2, 0.25) is 0 Å². The third-order valence-corrected chi connectivity index (χ3v) is 8.22. The first kappa shape index (κ1) is 19.1. The summed E-state index contributed by atoms with van der Waals surface area (Å²) in [6, 6.07) is 19.4. The van der Waals surface area contributed by atoms with Gasteiger partial charge in [0.25, 0.3) is 0 Å². The molecule has 1 spiro atoms. The number of fused-ring (bicyclic) bond motifs is 4. The Kier molecular flexibility index (Phi) is 4.10. The fourth-order valence-electron chi connectivity index (χ4n) is 5.47. The van der Waals surface area contributed by atoms with Crippen molar-refractivity contribution in [3.05, 3.63) is 60.2 Å². The van der Waals surface area contributed by atoms with Gasteiger partial charge < -0.3 is 14.5 Å². The molecule has 0 amide bonds. The van der Waals surface area contributed by atoms with Crippen molar-refractivity contribution < 1.29 is 4.74 Å². The van der Waals surface area contributed by atoms with Gasteiger partial charge in [0.1, 0.15) is 5.69 Å². The van der Waals surface area contributed by atoms with Crippen molar-refractivity contribution in [3.8, 4) is 5.75 Å². The van der Waals surface area contributed by atoms with Crippen LogP contribution in [0.1, 0.15) is 19.4 Å². The molecule has 31 heavy (non-hydrogen) atoms. The Morgan fingerprint density at radius 3 is 2.42 bits per heavy atom. The summed E-state index contributed by atoms with van der Waals surface area (Å²) in [5.41, 5.74) is 3.81. The van der Waals surface area contributed by atoms with Crippen molar-refractivity contribution in [2.24, 2.45) is 4.99 Å². The normalized spacial score (nSPS) is 23.7. The van der Waals surface area contributed by atoms with Gasteiger partial charge in [0.2, 0.25) is 5.72 Å². The molecule has 3 aromatic carbocycles. The second kappa shape index (κ2) is 6.67. The Morgan fingerprint density at radius 2 is 1.65 bits per heavy atom. The Hall–Kier alpha value is -2.66. The first-order valence-electron chi connectivity index (χ1n) is 11.0. The minimum atomic E-state index is -0.652. The highest BCUT2D eigenvalue weighted by molar-refractivity contribution is 7.99. The molecule has 5 heteroatoms. The van der Waals surface area contributed by atoms with Crippen LogP contribution in [0.4, 0.5) is 17.1 Å². The van der Waals surface area contributed by atoms with E-state index >= 15 is 0 Å². The molecule has 0 radical (unpaired) electrons. The maximum atomic E-state index is 6.97. The lowest BCUT2D eigenvalue weighted by atomic mass is 9.77. The lowest BCUT2D eigenvalue weighted by Crippen LogP contribution is -2.61. The smallest absolute Gasteiger partial charge is 0.228 e. The number of thioether (sulfide) groups is 1. The van der Waals surface area contributed by atoms with Gasteiger partial charge >= 0.3 is 0 Å². The molecule has 1 atom stereocenters. The summed E-state index contributed by atoms with van der Waals surface area (Å²) < 4.78 is 6.97. The molecule has 0 bridgehead atoms. The summed E-state index contributed by atoms with van der Waals surface area (Å²) in [4.78, 5) is 9.81. The second-order valence-corrected chi connectivity index (χ2v) is 10.4. The van der Waals surface area contributed by atoms with Crippen molar-refractivity contribution >= 4 is 45.8 Å². The van der Waals surface area contributed by atoms with Crippen LogP contribution in [0, 0.1) is 0 Å². The van der Waals surface area contributed by atoms with Gasteiger partial charge in [0.15, 0.2) is 5.75 Å². The third kappa shape index (κ3) is 2.53. The summed E-state index contributed by atoms with van der Waals surface area (Å²) in [6.45, 7) is 6.66. The topological polar surface area (TPSA) is 28.1 Å². The molecule has 3 aliphatic rings. The molecular formula is C26H27N3OS. The minimum absolute atomic E-state index is 0.243. The van der Waals surface area contributed by atoms with Gasteiger partial charge in [-0.3, -0.25) is 4.99 Å². The number of para-hydroxylation sites is 1. The van der Waals surface area contributed by atoms with E-state index in [-0.39, 0.29) is 5.41 Å². The summed E-state index contributed by atoms with van der Waals surface area (Å²) in [5.74, 6) is 3.21. The van der Waals surface area contributed by atoms with Gasteiger partial charge in [-0.05, 0) is 25.5 Å². The number of benzene rings is 3. The zero-order chi connectivity index (χ0) is 21.2. The fourth-order valence-corrected chi connectivity index (χ4v) is 6.37. The quantitative estimate of drug-likeness (QED) is 0.502. The Bertz CT molecular complexity index is 1210. The molecule has 4 nitrogen and oxygen atoms in total. The highest BCUT2D eigenvalue weighted by atomic mass is 32.2. The molecule has 3 aliphatic heterocycles. The summed E-state index contributed by atoms with van der Waals surface area (Å²) in [5, 5.41) is 2.42. The SMILES string of the molecule is CN1c2ccccc2C(C)(C)C12C=Nc1c(cc(N3CCSCC3)c3ccccc13)O2. The van der Waals surface area contributed by atoms with Crippen LogP contribution < -0.4 is 14.5 Å². The van der Waals surface area contributed by atoms with E-state index in [0.717, 1.165) is 29.9 Å². The highest BCUT2D eigenvalue weighted by Gasteiger charge is 2.58. The molecule has 0 aliphatic carbocycles. The molecule has 6 rings (SSSR count). The summed E-state index contributed by atoms with van der Waals surface area (Å²) in [7, 11) is 2.12. The maximum absolute atomic E-state index is 6.97. The number of hydrogen-bond acceptors (Lipinski definition) is 5. The zero-order valence-electron chi connectivity index (χ0n) is 18.3. The standard InChI is InChI=1S/C26H27N3OS/c1-25(2)20-10-6-7-11-21(20)28(3)26(25)17-27-24-19-9-5-4-8-18(19)22(16-23(24)30-26)29-12-14-31-15-13-29/h4-11,16-17H,12-15H2,1-3H3. The lowest BCUT2D eigenvalue weighted by molar-refractivity contribution is 0.0827. The third-order valence-electron chi connectivity index (χ3n) is 7.28. The van der Waals surface area contributed by atoms with E-state index in [1.165, 1.54) is 33.8 Å². The van der Waals surface area contributed by atoms with Gasteiger partial charge in [-0.1, -0.05) is 42.5 Å². The molecule has 3 heterocycles. The molecule has 1 fully saturated rings. The van der Waals surface area contributed by atoms with E-state index in [1.54, 1.807) is 0 Å². The monoisotopic (exact) mass is 429 g/mol. The number of anilines is 2. The lowest BCUT2D eigenvalue weighted by Gasteiger charge is -2.45. The first-order chi connectivity index (χ1) is 15.0. The zero-order valence-corrected chi connectivity index (χ0v) is 19.1. The number of hydrogen-bond donors (Lipinski definition) is 0. The predicted octanol–water partition coefficient (Wildman–Crippen LogP) is 5.61. The fraction of sp³-hybridized carbons (Fsp3) is 0.346. The number of nitrogens with zero attached hydrogens (tertiary/aromatic N) is 3. The molecule has 1 unspecified atom stereocenters. The van der Waals surface area contributed by atoms with Crippen molar-refractivity contribution in [3.63, 3.8) is 0 Å². The Balaban J connectivity index is 1.53. The minimum Gasteiger partial charge on any atom is -0.459 e. The molecule has 3 aromatic rings. The van der Waals surface area contributed by atoms with Gasteiger partial charge in [-0.15, -0.1) is 0 Å². The molecule has 0 saturated carbocycles.